The lowest BCUT2D eigenvalue weighted by Gasteiger charge is -2.35. The zero-order chi connectivity index (χ0) is 12.4. The number of anilines is 1. The molecule has 0 bridgehead atoms. The average Bonchev–Trinajstić information content (AvgIpc) is 3.11. The van der Waals surface area contributed by atoms with Crippen molar-refractivity contribution >= 4 is 22.4 Å². The first-order valence-electron chi connectivity index (χ1n) is 6.51. The maximum absolute atomic E-state index is 12.2. The van der Waals surface area contributed by atoms with Crippen LogP contribution < -0.4 is 10.2 Å². The molecule has 98 valence electrons. The number of thiazole rings is 1. The third-order valence-electron chi connectivity index (χ3n) is 3.64. The van der Waals surface area contributed by atoms with Gasteiger partial charge in [0.15, 0.2) is 5.13 Å². The molecule has 5 nitrogen and oxygen atoms in total. The van der Waals surface area contributed by atoms with Gasteiger partial charge in [0.25, 0.3) is 0 Å². The van der Waals surface area contributed by atoms with E-state index in [0.29, 0.717) is 0 Å². The summed E-state index contributed by atoms with van der Waals surface area (Å²) in [5, 5.41) is 6.34. The molecule has 2 aliphatic heterocycles. The van der Waals surface area contributed by atoms with Crippen molar-refractivity contribution in [2.75, 3.05) is 37.6 Å². The Kier molecular flexibility index (Phi) is 3.47. The van der Waals surface area contributed by atoms with Gasteiger partial charge in [-0.05, 0) is 19.4 Å². The normalized spacial score (nSPS) is 24.6. The van der Waals surface area contributed by atoms with E-state index < -0.39 is 0 Å². The minimum absolute atomic E-state index is 0.0661. The topological polar surface area (TPSA) is 48.5 Å². The number of carbonyl (C=O) groups excluding carboxylic acids is 1. The van der Waals surface area contributed by atoms with Crippen LogP contribution in [0.15, 0.2) is 11.6 Å². The van der Waals surface area contributed by atoms with E-state index in [4.69, 9.17) is 0 Å². The molecule has 18 heavy (non-hydrogen) atoms. The van der Waals surface area contributed by atoms with Gasteiger partial charge in [-0.15, -0.1) is 11.3 Å². The Morgan fingerprint density at radius 3 is 2.83 bits per heavy atom. The number of nitrogens with one attached hydrogen (secondary N) is 1. The fourth-order valence-electron chi connectivity index (χ4n) is 2.61. The maximum atomic E-state index is 12.2. The van der Waals surface area contributed by atoms with E-state index in [0.717, 1.165) is 50.7 Å². The summed E-state index contributed by atoms with van der Waals surface area (Å²) < 4.78 is 0. The summed E-state index contributed by atoms with van der Waals surface area (Å²) in [6, 6.07) is 0.0661. The van der Waals surface area contributed by atoms with Crippen LogP contribution in [0, 0.1) is 0 Å². The van der Waals surface area contributed by atoms with Crippen molar-refractivity contribution in [2.45, 2.75) is 18.9 Å². The lowest BCUT2D eigenvalue weighted by atomic mass is 10.2. The van der Waals surface area contributed by atoms with Crippen LogP contribution in [-0.4, -0.2) is 54.6 Å². The maximum Gasteiger partial charge on any atom is 0.239 e. The molecule has 3 rings (SSSR count). The molecule has 2 aliphatic rings. The van der Waals surface area contributed by atoms with Crippen LogP contribution in [0.1, 0.15) is 12.8 Å². The van der Waals surface area contributed by atoms with Gasteiger partial charge in [-0.25, -0.2) is 4.98 Å². The standard InChI is InChI=1S/C12H18N4OS/c17-11(10-2-1-3-13-10)15-5-7-16(8-6-15)12-14-4-9-18-12/h4,9-10,13H,1-3,5-8H2/t10-/m1/s1. The Balaban J connectivity index is 1.55. The molecule has 1 N–H and O–H groups in total. The smallest absolute Gasteiger partial charge is 0.239 e. The molecule has 0 saturated carbocycles. The van der Waals surface area contributed by atoms with Crippen LogP contribution in [0.25, 0.3) is 0 Å². The summed E-state index contributed by atoms with van der Waals surface area (Å²) >= 11 is 1.66. The molecule has 0 spiro atoms. The second-order valence-electron chi connectivity index (χ2n) is 4.78. The predicted octanol–water partition coefficient (Wildman–Crippen LogP) is 0.544. The van der Waals surface area contributed by atoms with Crippen LogP contribution in [0.2, 0.25) is 0 Å². The van der Waals surface area contributed by atoms with Gasteiger partial charge in [0.2, 0.25) is 5.91 Å². The van der Waals surface area contributed by atoms with E-state index in [-0.39, 0.29) is 11.9 Å². The number of nitrogens with zero attached hydrogens (tertiary/aromatic N) is 3. The van der Waals surface area contributed by atoms with Crippen LogP contribution in [0.3, 0.4) is 0 Å². The van der Waals surface area contributed by atoms with E-state index in [1.165, 1.54) is 0 Å². The number of hydrogen-bond acceptors (Lipinski definition) is 5. The molecule has 3 heterocycles. The number of amides is 1. The number of aromatic nitrogens is 1. The summed E-state index contributed by atoms with van der Waals surface area (Å²) in [6.45, 7) is 4.40. The molecule has 1 atom stereocenters. The van der Waals surface area contributed by atoms with Gasteiger partial charge in [-0.2, -0.15) is 0 Å². The fourth-order valence-corrected chi connectivity index (χ4v) is 3.30. The van der Waals surface area contributed by atoms with Gasteiger partial charge >= 0.3 is 0 Å². The van der Waals surface area contributed by atoms with Gasteiger partial charge in [-0.1, -0.05) is 0 Å². The monoisotopic (exact) mass is 266 g/mol. The van der Waals surface area contributed by atoms with Gasteiger partial charge in [0.1, 0.15) is 0 Å². The van der Waals surface area contributed by atoms with Crippen LogP contribution in [-0.2, 0) is 4.79 Å². The molecule has 0 unspecified atom stereocenters. The molecule has 2 saturated heterocycles. The van der Waals surface area contributed by atoms with E-state index in [1.807, 2.05) is 16.5 Å². The van der Waals surface area contributed by atoms with Crippen molar-refractivity contribution in [1.82, 2.24) is 15.2 Å². The molecule has 1 amide bonds. The highest BCUT2D eigenvalue weighted by Crippen LogP contribution is 2.19. The molecule has 6 heteroatoms. The number of carbonyl (C=O) groups is 1. The van der Waals surface area contributed by atoms with Crippen molar-refractivity contribution < 1.29 is 4.79 Å². The van der Waals surface area contributed by atoms with Crippen molar-refractivity contribution in [2.24, 2.45) is 0 Å². The molecule has 0 radical (unpaired) electrons. The molecular weight excluding hydrogens is 248 g/mol. The van der Waals surface area contributed by atoms with E-state index in [1.54, 1.807) is 11.3 Å². The first-order valence-corrected chi connectivity index (χ1v) is 7.39. The molecular formula is C12H18N4OS. The number of rotatable bonds is 2. The minimum atomic E-state index is 0.0661. The summed E-state index contributed by atoms with van der Waals surface area (Å²) in [6.07, 6.45) is 3.95. The molecule has 2 fully saturated rings. The van der Waals surface area contributed by atoms with Crippen molar-refractivity contribution in [3.8, 4) is 0 Å². The van der Waals surface area contributed by atoms with Crippen molar-refractivity contribution in [3.05, 3.63) is 11.6 Å². The summed E-state index contributed by atoms with van der Waals surface area (Å²) in [5.74, 6) is 0.284. The average molecular weight is 266 g/mol. The highest BCUT2D eigenvalue weighted by Gasteiger charge is 2.29. The SMILES string of the molecule is O=C([C@H]1CCCN1)N1CCN(c2nccs2)CC1. The molecule has 1 aromatic heterocycles. The van der Waals surface area contributed by atoms with Gasteiger partial charge in [-0.3, -0.25) is 4.79 Å². The van der Waals surface area contributed by atoms with E-state index in [2.05, 4.69) is 15.2 Å². The quantitative estimate of drug-likeness (QED) is 0.849. The second kappa shape index (κ2) is 5.24. The number of piperazine rings is 1. The first-order chi connectivity index (χ1) is 8.84. The Labute approximate surface area is 111 Å². The molecule has 0 aliphatic carbocycles. The Morgan fingerprint density at radius 1 is 1.39 bits per heavy atom. The third kappa shape index (κ3) is 2.35. The van der Waals surface area contributed by atoms with Crippen LogP contribution in [0.4, 0.5) is 5.13 Å². The van der Waals surface area contributed by atoms with Gasteiger partial charge < -0.3 is 15.1 Å². The zero-order valence-corrected chi connectivity index (χ0v) is 11.2. The predicted molar refractivity (Wildman–Crippen MR) is 71.9 cm³/mol. The van der Waals surface area contributed by atoms with Crippen molar-refractivity contribution in [1.29, 1.82) is 0 Å². The Bertz CT molecular complexity index is 394. The molecule has 0 aromatic carbocycles. The highest BCUT2D eigenvalue weighted by molar-refractivity contribution is 7.13. The van der Waals surface area contributed by atoms with Crippen molar-refractivity contribution in [3.63, 3.8) is 0 Å². The summed E-state index contributed by atoms with van der Waals surface area (Å²) in [7, 11) is 0. The van der Waals surface area contributed by atoms with Crippen LogP contribution in [0.5, 0.6) is 0 Å². The Hall–Kier alpha value is -1.14. The van der Waals surface area contributed by atoms with E-state index in [9.17, 15) is 4.79 Å². The summed E-state index contributed by atoms with van der Waals surface area (Å²) in [5.41, 5.74) is 0. The fraction of sp³-hybridized carbons (Fsp3) is 0.667. The first kappa shape index (κ1) is 11.9. The largest absolute Gasteiger partial charge is 0.345 e. The molecule has 1 aromatic rings. The third-order valence-corrected chi connectivity index (χ3v) is 4.47. The van der Waals surface area contributed by atoms with Crippen LogP contribution >= 0.6 is 11.3 Å². The van der Waals surface area contributed by atoms with Gasteiger partial charge in [0, 0.05) is 37.8 Å². The highest BCUT2D eigenvalue weighted by atomic mass is 32.1. The zero-order valence-electron chi connectivity index (χ0n) is 10.3. The lowest BCUT2D eigenvalue weighted by Crippen LogP contribution is -2.53. The van der Waals surface area contributed by atoms with E-state index >= 15 is 0 Å². The lowest BCUT2D eigenvalue weighted by molar-refractivity contribution is -0.133. The second-order valence-corrected chi connectivity index (χ2v) is 5.65. The Morgan fingerprint density at radius 2 is 2.22 bits per heavy atom. The minimum Gasteiger partial charge on any atom is -0.345 e. The van der Waals surface area contributed by atoms with Gasteiger partial charge in [0.05, 0.1) is 6.04 Å². The summed E-state index contributed by atoms with van der Waals surface area (Å²) in [4.78, 5) is 20.8. The number of hydrogen-bond donors (Lipinski definition) is 1.